The number of ether oxygens (including phenoxy) is 1. The molecule has 0 amide bonds. The van der Waals surface area contributed by atoms with Crippen LogP contribution in [0.3, 0.4) is 0 Å². The molecule has 0 aliphatic heterocycles. The van der Waals surface area contributed by atoms with Crippen LogP contribution in [0.1, 0.15) is 24.9 Å². The Hall–Kier alpha value is -2.66. The van der Waals surface area contributed by atoms with Gasteiger partial charge >= 0.3 is 5.97 Å². The Morgan fingerprint density at radius 1 is 1.23 bits per heavy atom. The maximum Gasteiger partial charge on any atom is 0.345 e. The largest absolute Gasteiger partial charge is 0.490 e. The van der Waals surface area contributed by atoms with E-state index in [1.807, 2.05) is 24.3 Å². The number of hydrogen-bond acceptors (Lipinski definition) is 4. The van der Waals surface area contributed by atoms with Gasteiger partial charge in [-0.3, -0.25) is 4.79 Å². The van der Waals surface area contributed by atoms with Gasteiger partial charge in [-0.25, -0.2) is 4.79 Å². The molecule has 0 aliphatic rings. The van der Waals surface area contributed by atoms with Gasteiger partial charge in [0.2, 0.25) is 0 Å². The molecule has 1 aromatic heterocycles. The van der Waals surface area contributed by atoms with Crippen molar-refractivity contribution >= 4 is 29.2 Å². The van der Waals surface area contributed by atoms with Gasteiger partial charge < -0.3 is 9.84 Å². The minimum atomic E-state index is -1.03. The number of benzene rings is 1. The van der Waals surface area contributed by atoms with E-state index < -0.39 is 5.97 Å². The minimum absolute atomic E-state index is 0.150. The van der Waals surface area contributed by atoms with Gasteiger partial charge in [0.25, 0.3) is 0 Å². The quantitative estimate of drug-likeness (QED) is 0.478. The van der Waals surface area contributed by atoms with Crippen molar-refractivity contribution in [2.24, 2.45) is 0 Å². The van der Waals surface area contributed by atoms with E-state index >= 15 is 0 Å². The van der Waals surface area contributed by atoms with Crippen molar-refractivity contribution in [3.05, 3.63) is 70.4 Å². The molecule has 0 aliphatic carbocycles. The maximum absolute atomic E-state index is 12.0. The summed E-state index contributed by atoms with van der Waals surface area (Å²) in [5.74, 6) is -0.561. The van der Waals surface area contributed by atoms with E-state index in [0.29, 0.717) is 17.2 Å². The van der Waals surface area contributed by atoms with Crippen LogP contribution in [-0.2, 0) is 0 Å². The molecular formula is C17H14O4S. The van der Waals surface area contributed by atoms with Gasteiger partial charge in [0.1, 0.15) is 17.2 Å². The highest BCUT2D eigenvalue weighted by Gasteiger charge is 2.10. The van der Waals surface area contributed by atoms with Gasteiger partial charge in [-0.2, -0.15) is 0 Å². The molecule has 0 saturated heterocycles. The number of ketones is 1. The van der Waals surface area contributed by atoms with Crippen LogP contribution in [0.15, 0.2) is 55.1 Å². The fourth-order valence-electron chi connectivity index (χ4n) is 1.70. The first-order chi connectivity index (χ1) is 10.6. The zero-order chi connectivity index (χ0) is 15.9. The van der Waals surface area contributed by atoms with Crippen LogP contribution >= 0.6 is 11.3 Å². The molecule has 4 nitrogen and oxygen atoms in total. The van der Waals surface area contributed by atoms with Crippen LogP contribution in [0.2, 0.25) is 0 Å². The van der Waals surface area contributed by atoms with E-state index in [9.17, 15) is 9.59 Å². The minimum Gasteiger partial charge on any atom is -0.490 e. The number of carbonyl (C=O) groups is 2. The van der Waals surface area contributed by atoms with Crippen molar-refractivity contribution < 1.29 is 19.4 Å². The van der Waals surface area contributed by atoms with E-state index in [1.165, 1.54) is 18.2 Å². The number of hydrogen-bond donors (Lipinski definition) is 1. The first kappa shape index (κ1) is 15.7. The predicted molar refractivity (Wildman–Crippen MR) is 86.8 cm³/mol. The lowest BCUT2D eigenvalue weighted by Gasteiger charge is -2.03. The molecule has 5 heteroatoms. The van der Waals surface area contributed by atoms with Gasteiger partial charge in [-0.05, 0) is 35.9 Å². The molecule has 1 heterocycles. The molecule has 0 atom stereocenters. The average molecular weight is 314 g/mol. The summed E-state index contributed by atoms with van der Waals surface area (Å²) in [4.78, 5) is 23.3. The second kappa shape index (κ2) is 7.38. The molecule has 112 valence electrons. The van der Waals surface area contributed by atoms with Crippen molar-refractivity contribution in [1.29, 1.82) is 0 Å². The van der Waals surface area contributed by atoms with Gasteiger partial charge in [0, 0.05) is 0 Å². The second-order valence-electron chi connectivity index (χ2n) is 4.34. The number of carboxylic acid groups (broad SMARTS) is 1. The van der Waals surface area contributed by atoms with E-state index in [1.54, 1.807) is 12.2 Å². The lowest BCUT2D eigenvalue weighted by atomic mass is 10.2. The molecule has 0 radical (unpaired) electrons. The molecule has 2 rings (SSSR count). The Labute approximate surface area is 132 Å². The average Bonchev–Trinajstić information content (AvgIpc) is 3.01. The lowest BCUT2D eigenvalue weighted by molar-refractivity contribution is 0.0702. The highest BCUT2D eigenvalue weighted by Crippen LogP contribution is 2.19. The molecule has 0 fully saturated rings. The van der Waals surface area contributed by atoms with E-state index in [4.69, 9.17) is 9.84 Å². The summed E-state index contributed by atoms with van der Waals surface area (Å²) in [6.07, 6.45) is 4.75. The van der Waals surface area contributed by atoms with Gasteiger partial charge in [0.15, 0.2) is 5.78 Å². The summed E-state index contributed by atoms with van der Waals surface area (Å²) in [6, 6.07) is 10.3. The summed E-state index contributed by atoms with van der Waals surface area (Å²) in [7, 11) is 0. The van der Waals surface area contributed by atoms with Gasteiger partial charge in [-0.15, -0.1) is 11.3 Å². The van der Waals surface area contributed by atoms with Crippen LogP contribution in [0.4, 0.5) is 0 Å². The molecule has 1 N–H and O–H groups in total. The van der Waals surface area contributed by atoms with E-state index in [0.717, 1.165) is 16.9 Å². The van der Waals surface area contributed by atoms with Crippen molar-refractivity contribution in [1.82, 2.24) is 0 Å². The first-order valence-electron chi connectivity index (χ1n) is 6.49. The summed E-state index contributed by atoms with van der Waals surface area (Å²) in [5.41, 5.74) is 0.824. The third-order valence-electron chi connectivity index (χ3n) is 2.71. The molecule has 0 unspecified atom stereocenters. The van der Waals surface area contributed by atoms with E-state index in [-0.39, 0.29) is 10.7 Å². The Balaban J connectivity index is 2.08. The number of allylic oxidation sites excluding steroid dienone is 1. The summed E-state index contributed by atoms with van der Waals surface area (Å²) >= 11 is 0.962. The van der Waals surface area contributed by atoms with Gasteiger partial charge in [0.05, 0.1) is 4.88 Å². The lowest BCUT2D eigenvalue weighted by Crippen LogP contribution is -1.93. The number of carboxylic acids is 1. The van der Waals surface area contributed by atoms with Crippen LogP contribution in [-0.4, -0.2) is 23.5 Å². The van der Waals surface area contributed by atoms with E-state index in [2.05, 4.69) is 6.58 Å². The molecule has 0 saturated carbocycles. The summed E-state index contributed by atoms with van der Waals surface area (Å²) in [5, 5.41) is 8.85. The molecule has 1 aromatic carbocycles. The smallest absolute Gasteiger partial charge is 0.345 e. The Kier molecular flexibility index (Phi) is 5.27. The monoisotopic (exact) mass is 314 g/mol. The molecule has 0 bridgehead atoms. The normalized spacial score (nSPS) is 10.5. The van der Waals surface area contributed by atoms with Crippen LogP contribution < -0.4 is 4.74 Å². The third kappa shape index (κ3) is 4.17. The van der Waals surface area contributed by atoms with Crippen molar-refractivity contribution in [2.45, 2.75) is 0 Å². The fraction of sp³-hybridized carbons (Fsp3) is 0.0588. The number of aromatic carboxylic acids is 1. The first-order valence-corrected chi connectivity index (χ1v) is 7.31. The number of rotatable bonds is 7. The number of thiophene rings is 1. The maximum atomic E-state index is 12.0. The van der Waals surface area contributed by atoms with Crippen molar-refractivity contribution in [2.75, 3.05) is 6.61 Å². The van der Waals surface area contributed by atoms with Gasteiger partial charge in [-0.1, -0.05) is 30.9 Å². The standard InChI is InChI=1S/C17H14O4S/c1-2-10-21-13-5-3-4-12(11-13)6-7-14(18)15-8-9-16(22-15)17(19)20/h2-9,11H,1,10H2,(H,19,20)/b7-6+. The van der Waals surface area contributed by atoms with Crippen molar-refractivity contribution in [3.63, 3.8) is 0 Å². The molecular weight excluding hydrogens is 300 g/mol. The molecule has 22 heavy (non-hydrogen) atoms. The zero-order valence-corrected chi connectivity index (χ0v) is 12.5. The molecule has 0 spiro atoms. The van der Waals surface area contributed by atoms with Crippen LogP contribution in [0.5, 0.6) is 5.75 Å². The Bertz CT molecular complexity index is 728. The summed E-state index contributed by atoms with van der Waals surface area (Å²) < 4.78 is 5.42. The van der Waals surface area contributed by atoms with Crippen LogP contribution in [0, 0.1) is 0 Å². The van der Waals surface area contributed by atoms with Crippen LogP contribution in [0.25, 0.3) is 6.08 Å². The highest BCUT2D eigenvalue weighted by atomic mass is 32.1. The second-order valence-corrected chi connectivity index (χ2v) is 5.42. The summed E-state index contributed by atoms with van der Waals surface area (Å²) in [6.45, 7) is 4.00. The zero-order valence-electron chi connectivity index (χ0n) is 11.7. The highest BCUT2D eigenvalue weighted by molar-refractivity contribution is 7.16. The topological polar surface area (TPSA) is 63.6 Å². The van der Waals surface area contributed by atoms with Crippen molar-refractivity contribution in [3.8, 4) is 5.75 Å². The fourth-order valence-corrected chi connectivity index (χ4v) is 2.47. The molecule has 2 aromatic rings. The predicted octanol–water partition coefficient (Wildman–Crippen LogP) is 3.91. The Morgan fingerprint density at radius 2 is 2.00 bits per heavy atom. The number of carbonyl (C=O) groups excluding carboxylic acids is 1. The Morgan fingerprint density at radius 3 is 2.68 bits per heavy atom. The SMILES string of the molecule is C=CCOc1cccc(/C=C/C(=O)c2ccc(C(=O)O)s2)c1. The third-order valence-corrected chi connectivity index (χ3v) is 3.80.